The number of ether oxygens (including phenoxy) is 1. The van der Waals surface area contributed by atoms with Crippen molar-refractivity contribution in [2.75, 3.05) is 30.4 Å². The highest BCUT2D eigenvalue weighted by atomic mass is 32.1. The van der Waals surface area contributed by atoms with E-state index in [2.05, 4.69) is 46.7 Å². The van der Waals surface area contributed by atoms with Crippen molar-refractivity contribution >= 4 is 28.7 Å². The fraction of sp³-hybridized carbons (Fsp3) is 0.381. The van der Waals surface area contributed by atoms with Gasteiger partial charge in [-0.1, -0.05) is 19.1 Å². The van der Waals surface area contributed by atoms with Crippen molar-refractivity contribution in [3.8, 4) is 5.75 Å². The quantitative estimate of drug-likeness (QED) is 0.763. The van der Waals surface area contributed by atoms with E-state index in [-0.39, 0.29) is 0 Å². The van der Waals surface area contributed by atoms with Crippen LogP contribution in [0.5, 0.6) is 5.75 Å². The van der Waals surface area contributed by atoms with Crippen LogP contribution in [0.3, 0.4) is 0 Å². The van der Waals surface area contributed by atoms with Gasteiger partial charge in [0.2, 0.25) is 0 Å². The largest absolute Gasteiger partial charge is 0.497 e. The Morgan fingerprint density at radius 2 is 1.88 bits per heavy atom. The topological polar surface area (TPSA) is 36.5 Å². The lowest BCUT2D eigenvalue weighted by molar-refractivity contribution is 0.415. The lowest BCUT2D eigenvalue weighted by atomic mass is 9.99. The summed E-state index contributed by atoms with van der Waals surface area (Å²) in [7, 11) is 1.66. The van der Waals surface area contributed by atoms with Gasteiger partial charge in [0.05, 0.1) is 7.11 Å². The summed E-state index contributed by atoms with van der Waals surface area (Å²) in [5.41, 5.74) is 3.48. The number of hydrogen-bond acceptors (Lipinski definition) is 3. The second kappa shape index (κ2) is 8.90. The molecule has 5 heteroatoms. The molecule has 4 nitrogen and oxygen atoms in total. The van der Waals surface area contributed by atoms with Gasteiger partial charge in [-0.25, -0.2) is 0 Å². The molecular weight excluding hydrogens is 342 g/mol. The zero-order valence-electron chi connectivity index (χ0n) is 15.5. The molecule has 0 aliphatic carbocycles. The van der Waals surface area contributed by atoms with Gasteiger partial charge in [-0.2, -0.15) is 0 Å². The molecule has 2 N–H and O–H groups in total. The maximum absolute atomic E-state index is 5.38. The number of rotatable bonds is 5. The molecule has 1 saturated heterocycles. The molecule has 1 heterocycles. The van der Waals surface area contributed by atoms with Crippen LogP contribution in [0.2, 0.25) is 0 Å². The van der Waals surface area contributed by atoms with E-state index in [4.69, 9.17) is 17.0 Å². The highest BCUT2D eigenvalue weighted by Gasteiger charge is 2.16. The molecule has 2 aromatic rings. The summed E-state index contributed by atoms with van der Waals surface area (Å²) in [4.78, 5) is 2.49. The van der Waals surface area contributed by atoms with Crippen LogP contribution in [-0.2, 0) is 6.54 Å². The molecule has 0 radical (unpaired) electrons. The number of anilines is 2. The van der Waals surface area contributed by atoms with E-state index in [1.807, 2.05) is 24.3 Å². The SMILES string of the molecule is COc1ccc(NC(=S)NCc2ccc(N3CCC[C@H](C)C3)cc2)cc1. The molecule has 1 atom stereocenters. The standard InChI is InChI=1S/C21H27N3OS/c1-16-4-3-13-24(15-16)19-9-5-17(6-10-19)14-22-21(26)23-18-7-11-20(25-2)12-8-18/h5-12,16H,3-4,13-15H2,1-2H3,(H2,22,23,26)/t16-/m0/s1. The van der Waals surface area contributed by atoms with Crippen molar-refractivity contribution in [2.45, 2.75) is 26.3 Å². The Morgan fingerprint density at radius 3 is 2.54 bits per heavy atom. The van der Waals surface area contributed by atoms with Gasteiger partial charge in [0, 0.05) is 31.0 Å². The van der Waals surface area contributed by atoms with Crippen molar-refractivity contribution in [3.63, 3.8) is 0 Å². The van der Waals surface area contributed by atoms with E-state index in [1.165, 1.54) is 24.1 Å². The summed E-state index contributed by atoms with van der Waals surface area (Å²) >= 11 is 5.38. The van der Waals surface area contributed by atoms with Gasteiger partial charge in [0.15, 0.2) is 5.11 Å². The maximum Gasteiger partial charge on any atom is 0.171 e. The molecule has 0 spiro atoms. The number of hydrogen-bond donors (Lipinski definition) is 2. The third-order valence-electron chi connectivity index (χ3n) is 4.76. The van der Waals surface area contributed by atoms with Gasteiger partial charge in [-0.05, 0) is 72.9 Å². The van der Waals surface area contributed by atoms with Crippen LogP contribution in [0.15, 0.2) is 48.5 Å². The van der Waals surface area contributed by atoms with Crippen LogP contribution in [0.25, 0.3) is 0 Å². The number of thiocarbonyl (C=S) groups is 1. The van der Waals surface area contributed by atoms with Crippen LogP contribution in [0, 0.1) is 5.92 Å². The summed E-state index contributed by atoms with van der Waals surface area (Å²) in [6, 6.07) is 16.5. The molecule has 0 amide bonds. The van der Waals surface area contributed by atoms with Crippen molar-refractivity contribution in [1.82, 2.24) is 5.32 Å². The zero-order valence-corrected chi connectivity index (χ0v) is 16.3. The zero-order chi connectivity index (χ0) is 18.4. The molecule has 3 rings (SSSR count). The van der Waals surface area contributed by atoms with E-state index < -0.39 is 0 Å². The Labute approximate surface area is 161 Å². The van der Waals surface area contributed by atoms with E-state index in [0.717, 1.165) is 30.4 Å². The predicted octanol–water partition coefficient (Wildman–Crippen LogP) is 4.42. The summed E-state index contributed by atoms with van der Waals surface area (Å²) in [6.45, 7) is 5.37. The fourth-order valence-electron chi connectivity index (χ4n) is 3.28. The molecule has 0 unspecified atom stereocenters. The second-order valence-corrected chi connectivity index (χ2v) is 7.30. The number of nitrogens with one attached hydrogen (secondary N) is 2. The molecule has 0 bridgehead atoms. The average Bonchev–Trinajstić information content (AvgIpc) is 2.67. The summed E-state index contributed by atoms with van der Waals surface area (Å²) in [5, 5.41) is 7.06. The first kappa shape index (κ1) is 18.5. The van der Waals surface area contributed by atoms with Gasteiger partial charge in [-0.3, -0.25) is 0 Å². The highest BCUT2D eigenvalue weighted by molar-refractivity contribution is 7.80. The molecule has 1 fully saturated rings. The highest BCUT2D eigenvalue weighted by Crippen LogP contribution is 2.23. The van der Waals surface area contributed by atoms with Crippen molar-refractivity contribution in [2.24, 2.45) is 5.92 Å². The van der Waals surface area contributed by atoms with E-state index >= 15 is 0 Å². The molecule has 1 aliphatic heterocycles. The van der Waals surface area contributed by atoms with Crippen LogP contribution in [-0.4, -0.2) is 25.3 Å². The van der Waals surface area contributed by atoms with Gasteiger partial charge in [0.25, 0.3) is 0 Å². The minimum Gasteiger partial charge on any atom is -0.497 e. The Morgan fingerprint density at radius 1 is 1.15 bits per heavy atom. The smallest absolute Gasteiger partial charge is 0.171 e. The monoisotopic (exact) mass is 369 g/mol. The van der Waals surface area contributed by atoms with E-state index in [0.29, 0.717) is 11.7 Å². The van der Waals surface area contributed by atoms with Crippen molar-refractivity contribution in [3.05, 3.63) is 54.1 Å². The van der Waals surface area contributed by atoms with Crippen LogP contribution in [0.4, 0.5) is 11.4 Å². The molecule has 1 aliphatic rings. The van der Waals surface area contributed by atoms with Crippen LogP contribution < -0.4 is 20.3 Å². The summed E-state index contributed by atoms with van der Waals surface area (Å²) < 4.78 is 5.16. The van der Waals surface area contributed by atoms with E-state index in [1.54, 1.807) is 7.11 Å². The molecular formula is C21H27N3OS. The Kier molecular flexibility index (Phi) is 6.34. The average molecular weight is 370 g/mol. The molecule has 2 aromatic carbocycles. The first-order valence-corrected chi connectivity index (χ1v) is 9.57. The third kappa shape index (κ3) is 5.11. The second-order valence-electron chi connectivity index (χ2n) is 6.90. The fourth-order valence-corrected chi connectivity index (χ4v) is 3.47. The van der Waals surface area contributed by atoms with Crippen LogP contribution in [0.1, 0.15) is 25.3 Å². The number of piperidine rings is 1. The predicted molar refractivity (Wildman–Crippen MR) is 113 cm³/mol. The lowest BCUT2D eigenvalue weighted by Crippen LogP contribution is -2.34. The maximum atomic E-state index is 5.38. The van der Waals surface area contributed by atoms with Gasteiger partial charge < -0.3 is 20.3 Å². The van der Waals surface area contributed by atoms with Crippen LogP contribution >= 0.6 is 12.2 Å². The van der Waals surface area contributed by atoms with Gasteiger partial charge >= 0.3 is 0 Å². The molecule has 138 valence electrons. The Hall–Kier alpha value is -2.27. The molecule has 0 aromatic heterocycles. The van der Waals surface area contributed by atoms with Gasteiger partial charge in [-0.15, -0.1) is 0 Å². The number of methoxy groups -OCH3 is 1. The normalized spacial score (nSPS) is 16.8. The van der Waals surface area contributed by atoms with Gasteiger partial charge in [0.1, 0.15) is 5.75 Å². The lowest BCUT2D eigenvalue weighted by Gasteiger charge is -2.32. The minimum absolute atomic E-state index is 0.615. The summed E-state index contributed by atoms with van der Waals surface area (Å²) in [5.74, 6) is 1.61. The van der Waals surface area contributed by atoms with Crippen molar-refractivity contribution in [1.29, 1.82) is 0 Å². The third-order valence-corrected chi connectivity index (χ3v) is 5.01. The Balaban J connectivity index is 1.48. The van der Waals surface area contributed by atoms with Crippen molar-refractivity contribution < 1.29 is 4.74 Å². The summed E-state index contributed by atoms with van der Waals surface area (Å²) in [6.07, 6.45) is 2.63. The number of nitrogens with zero attached hydrogens (tertiary/aromatic N) is 1. The minimum atomic E-state index is 0.615. The van der Waals surface area contributed by atoms with E-state index in [9.17, 15) is 0 Å². The number of benzene rings is 2. The molecule has 0 saturated carbocycles. The first-order valence-electron chi connectivity index (χ1n) is 9.17. The first-order chi connectivity index (χ1) is 12.6. The molecule has 26 heavy (non-hydrogen) atoms. The Bertz CT molecular complexity index is 715.